The molecule has 0 aliphatic heterocycles. The second kappa shape index (κ2) is 8.85. The van der Waals surface area contributed by atoms with Crippen molar-refractivity contribution >= 4 is 46.4 Å². The Morgan fingerprint density at radius 2 is 1.36 bits per heavy atom. The van der Waals surface area contributed by atoms with Crippen molar-refractivity contribution in [3.8, 4) is 0 Å². The molecule has 2 aromatic rings. The van der Waals surface area contributed by atoms with Crippen LogP contribution in [0.5, 0.6) is 0 Å². The van der Waals surface area contributed by atoms with Gasteiger partial charge in [-0.15, -0.1) is 0 Å². The number of anilines is 2. The Morgan fingerprint density at radius 1 is 0.920 bits per heavy atom. The summed E-state index contributed by atoms with van der Waals surface area (Å²) in [5.74, 6) is -0.417. The summed E-state index contributed by atoms with van der Waals surface area (Å²) in [7, 11) is 1.72. The molecule has 0 spiro atoms. The number of benzene rings is 2. The minimum Gasteiger partial charge on any atom is -0.325 e. The van der Waals surface area contributed by atoms with E-state index in [1.165, 1.54) is 0 Å². The first-order valence-corrected chi connectivity index (χ1v) is 8.43. The van der Waals surface area contributed by atoms with Gasteiger partial charge in [-0.2, -0.15) is 0 Å². The second-order valence-electron chi connectivity index (χ2n) is 5.64. The van der Waals surface area contributed by atoms with Crippen molar-refractivity contribution in [3.05, 3.63) is 58.6 Å². The third kappa shape index (κ3) is 6.05. The fourth-order valence-corrected chi connectivity index (χ4v) is 2.33. The van der Waals surface area contributed by atoms with E-state index in [1.54, 1.807) is 67.4 Å². The predicted octanol–water partition coefficient (Wildman–Crippen LogP) is 3.89. The molecule has 0 saturated heterocycles. The summed E-state index contributed by atoms with van der Waals surface area (Å²) < 4.78 is 0. The number of halogens is 2. The highest BCUT2D eigenvalue weighted by Gasteiger charge is 2.20. The van der Waals surface area contributed by atoms with Gasteiger partial charge in [-0.25, -0.2) is 0 Å². The Morgan fingerprint density at radius 3 is 1.84 bits per heavy atom. The Kier molecular flexibility index (Phi) is 6.82. The fourth-order valence-electron chi connectivity index (χ4n) is 2.08. The summed E-state index contributed by atoms with van der Waals surface area (Å²) in [6, 6.07) is 13.2. The Bertz CT molecular complexity index is 733. The molecule has 0 fully saturated rings. The quantitative estimate of drug-likeness (QED) is 0.799. The molecule has 132 valence electrons. The van der Waals surface area contributed by atoms with Crippen LogP contribution in [0, 0.1) is 0 Å². The maximum Gasteiger partial charge on any atom is 0.241 e. The molecular formula is C18H19Cl2N3O2. The molecule has 0 radical (unpaired) electrons. The molecule has 1 unspecified atom stereocenters. The van der Waals surface area contributed by atoms with Crippen molar-refractivity contribution in [1.82, 2.24) is 4.90 Å². The second-order valence-corrected chi connectivity index (χ2v) is 6.52. The van der Waals surface area contributed by atoms with Gasteiger partial charge in [-0.3, -0.25) is 14.5 Å². The van der Waals surface area contributed by atoms with Crippen molar-refractivity contribution in [2.45, 2.75) is 13.0 Å². The van der Waals surface area contributed by atoms with E-state index < -0.39 is 6.04 Å². The zero-order valence-corrected chi connectivity index (χ0v) is 15.4. The number of rotatable bonds is 6. The van der Waals surface area contributed by atoms with Crippen LogP contribution in [0.2, 0.25) is 10.0 Å². The first kappa shape index (κ1) is 19.2. The van der Waals surface area contributed by atoms with Crippen molar-refractivity contribution < 1.29 is 9.59 Å². The summed E-state index contributed by atoms with van der Waals surface area (Å²) in [5, 5.41) is 6.76. The minimum absolute atomic E-state index is 0.0812. The Labute approximate surface area is 156 Å². The lowest BCUT2D eigenvalue weighted by Gasteiger charge is -2.23. The molecule has 7 heteroatoms. The van der Waals surface area contributed by atoms with Gasteiger partial charge in [-0.1, -0.05) is 23.2 Å². The molecule has 0 heterocycles. The van der Waals surface area contributed by atoms with Crippen LogP contribution in [0.15, 0.2) is 48.5 Å². The maximum absolute atomic E-state index is 12.3. The van der Waals surface area contributed by atoms with Crippen LogP contribution in [0.25, 0.3) is 0 Å². The molecule has 0 aromatic heterocycles. The molecule has 1 atom stereocenters. The summed E-state index contributed by atoms with van der Waals surface area (Å²) in [6.07, 6.45) is 0. The van der Waals surface area contributed by atoms with Gasteiger partial charge in [0.2, 0.25) is 11.8 Å². The topological polar surface area (TPSA) is 61.4 Å². The molecule has 2 aromatic carbocycles. The Hall–Kier alpha value is -2.08. The molecular weight excluding hydrogens is 361 g/mol. The van der Waals surface area contributed by atoms with E-state index in [0.717, 1.165) is 0 Å². The number of carbonyl (C=O) groups excluding carboxylic acids is 2. The standard InChI is InChI=1S/C18H19Cl2N3O2/c1-12(18(25)22-16-9-5-14(20)6-10-16)23(2)11-17(24)21-15-7-3-13(19)4-8-15/h3-10,12H,11H2,1-2H3,(H,21,24)(H,22,25). The zero-order valence-electron chi connectivity index (χ0n) is 13.9. The number of nitrogens with zero attached hydrogens (tertiary/aromatic N) is 1. The van der Waals surface area contributed by atoms with E-state index in [0.29, 0.717) is 21.4 Å². The number of likely N-dealkylation sites (N-methyl/N-ethyl adjacent to an activating group) is 1. The summed E-state index contributed by atoms with van der Waals surface area (Å²) in [6.45, 7) is 1.82. The largest absolute Gasteiger partial charge is 0.325 e. The van der Waals surface area contributed by atoms with Crippen LogP contribution in [-0.4, -0.2) is 36.3 Å². The van der Waals surface area contributed by atoms with Crippen molar-refractivity contribution in [2.24, 2.45) is 0 Å². The average molecular weight is 380 g/mol. The average Bonchev–Trinajstić information content (AvgIpc) is 2.58. The molecule has 0 bridgehead atoms. The van der Waals surface area contributed by atoms with Gasteiger partial charge in [-0.05, 0) is 62.5 Å². The van der Waals surface area contributed by atoms with Crippen molar-refractivity contribution in [2.75, 3.05) is 24.2 Å². The van der Waals surface area contributed by atoms with Gasteiger partial charge in [0, 0.05) is 21.4 Å². The Balaban J connectivity index is 1.86. The molecule has 2 amide bonds. The third-order valence-corrected chi connectivity index (χ3v) is 4.18. The predicted molar refractivity (Wildman–Crippen MR) is 102 cm³/mol. The van der Waals surface area contributed by atoms with Crippen LogP contribution < -0.4 is 10.6 Å². The monoisotopic (exact) mass is 379 g/mol. The summed E-state index contributed by atoms with van der Waals surface area (Å²) >= 11 is 11.6. The SMILES string of the molecule is CC(C(=O)Nc1ccc(Cl)cc1)N(C)CC(=O)Nc1ccc(Cl)cc1. The highest BCUT2D eigenvalue weighted by molar-refractivity contribution is 6.31. The molecule has 0 saturated carbocycles. The minimum atomic E-state index is -0.480. The number of hydrogen-bond acceptors (Lipinski definition) is 3. The lowest BCUT2D eigenvalue weighted by Crippen LogP contribution is -2.43. The highest BCUT2D eigenvalue weighted by atomic mass is 35.5. The van der Waals surface area contributed by atoms with E-state index in [-0.39, 0.29) is 18.4 Å². The fraction of sp³-hybridized carbons (Fsp3) is 0.222. The van der Waals surface area contributed by atoms with Gasteiger partial charge in [0.05, 0.1) is 12.6 Å². The number of amides is 2. The molecule has 5 nitrogen and oxygen atoms in total. The first-order valence-electron chi connectivity index (χ1n) is 7.67. The summed E-state index contributed by atoms with van der Waals surface area (Å²) in [5.41, 5.74) is 1.31. The smallest absolute Gasteiger partial charge is 0.241 e. The van der Waals surface area contributed by atoms with Crippen LogP contribution in [0.3, 0.4) is 0 Å². The van der Waals surface area contributed by atoms with Gasteiger partial charge in [0.15, 0.2) is 0 Å². The van der Waals surface area contributed by atoms with Crippen molar-refractivity contribution in [1.29, 1.82) is 0 Å². The van der Waals surface area contributed by atoms with Crippen LogP contribution in [-0.2, 0) is 9.59 Å². The van der Waals surface area contributed by atoms with Gasteiger partial charge < -0.3 is 10.6 Å². The number of hydrogen-bond donors (Lipinski definition) is 2. The normalized spacial score (nSPS) is 11.9. The first-order chi connectivity index (χ1) is 11.8. The summed E-state index contributed by atoms with van der Waals surface area (Å²) in [4.78, 5) is 26.0. The molecule has 25 heavy (non-hydrogen) atoms. The number of nitrogens with one attached hydrogen (secondary N) is 2. The van der Waals surface area contributed by atoms with E-state index in [2.05, 4.69) is 10.6 Å². The maximum atomic E-state index is 12.3. The molecule has 0 aliphatic rings. The van der Waals surface area contributed by atoms with Gasteiger partial charge >= 0.3 is 0 Å². The highest BCUT2D eigenvalue weighted by Crippen LogP contribution is 2.15. The van der Waals surface area contributed by atoms with E-state index in [1.807, 2.05) is 0 Å². The lowest BCUT2D eigenvalue weighted by molar-refractivity contribution is -0.122. The third-order valence-electron chi connectivity index (χ3n) is 3.67. The molecule has 2 rings (SSSR count). The van der Waals surface area contributed by atoms with Crippen molar-refractivity contribution in [3.63, 3.8) is 0 Å². The van der Waals surface area contributed by atoms with Crippen LogP contribution in [0.4, 0.5) is 11.4 Å². The lowest BCUT2D eigenvalue weighted by atomic mass is 10.2. The van der Waals surface area contributed by atoms with Gasteiger partial charge in [0.1, 0.15) is 0 Å². The van der Waals surface area contributed by atoms with Gasteiger partial charge in [0.25, 0.3) is 0 Å². The van der Waals surface area contributed by atoms with E-state index in [4.69, 9.17) is 23.2 Å². The molecule has 0 aliphatic carbocycles. The van der Waals surface area contributed by atoms with Crippen LogP contribution >= 0.6 is 23.2 Å². The van der Waals surface area contributed by atoms with E-state index in [9.17, 15) is 9.59 Å². The number of carbonyl (C=O) groups is 2. The molecule has 2 N–H and O–H groups in total. The zero-order chi connectivity index (χ0) is 18.4. The van der Waals surface area contributed by atoms with Crippen LogP contribution in [0.1, 0.15) is 6.92 Å². The van der Waals surface area contributed by atoms with E-state index >= 15 is 0 Å².